The highest BCUT2D eigenvalue weighted by Gasteiger charge is 2.42. The summed E-state index contributed by atoms with van der Waals surface area (Å²) in [4.78, 5) is 30.3. The number of rotatable bonds is 2. The number of morpholine rings is 1. The van der Waals surface area contributed by atoms with E-state index < -0.39 is 12.1 Å². The van der Waals surface area contributed by atoms with Gasteiger partial charge < -0.3 is 19.6 Å². The van der Waals surface area contributed by atoms with Gasteiger partial charge in [-0.15, -0.1) is 0 Å². The van der Waals surface area contributed by atoms with Gasteiger partial charge in [0.25, 0.3) is 5.91 Å². The number of carbonyl (C=O) groups is 2. The summed E-state index contributed by atoms with van der Waals surface area (Å²) in [6.45, 7) is 3.70. The monoisotopic (exact) mass is 457 g/mol. The molecule has 1 spiro atoms. The van der Waals surface area contributed by atoms with Crippen LogP contribution in [0.15, 0.2) is 41.2 Å². The van der Waals surface area contributed by atoms with Gasteiger partial charge in [-0.05, 0) is 36.4 Å². The third-order valence-corrected chi connectivity index (χ3v) is 5.74. The van der Waals surface area contributed by atoms with E-state index in [4.69, 9.17) is 14.6 Å². The largest absolute Gasteiger partial charge is 0.490 e. The topological polar surface area (TPSA) is 83.0 Å². The van der Waals surface area contributed by atoms with Gasteiger partial charge in [0.15, 0.2) is 0 Å². The van der Waals surface area contributed by atoms with E-state index in [1.165, 1.54) is 0 Å². The summed E-state index contributed by atoms with van der Waals surface area (Å²) in [5.41, 5.74) is 0.508. The zero-order valence-electron chi connectivity index (χ0n) is 16.5. The normalized spacial score (nSPS) is 21.4. The molecule has 2 aromatic heterocycles. The minimum atomic E-state index is -5.08. The average Bonchev–Trinajstić information content (AvgIpc) is 3.29. The fourth-order valence-electron chi connectivity index (χ4n) is 3.67. The molecule has 4 rings (SSSR count). The number of aromatic nitrogens is 1. The quantitative estimate of drug-likeness (QED) is 0.745. The zero-order valence-corrected chi connectivity index (χ0v) is 17.4. The fourth-order valence-corrected chi connectivity index (χ4v) is 4.30. The van der Waals surface area contributed by atoms with Crippen LogP contribution >= 0.6 is 11.3 Å². The molecule has 0 aliphatic carbocycles. The lowest BCUT2D eigenvalue weighted by molar-refractivity contribution is -0.192. The molecule has 2 saturated heterocycles. The van der Waals surface area contributed by atoms with E-state index in [0.29, 0.717) is 19.7 Å². The smallest absolute Gasteiger partial charge is 0.475 e. The first kappa shape index (κ1) is 23.0. The number of carboxylic acids is 1. The summed E-state index contributed by atoms with van der Waals surface area (Å²) in [6.07, 6.45) is -1.22. The van der Waals surface area contributed by atoms with Crippen LogP contribution in [-0.4, -0.2) is 71.4 Å². The number of carboxylic acid groups (broad SMARTS) is 1. The van der Waals surface area contributed by atoms with Gasteiger partial charge in [0, 0.05) is 24.7 Å². The molecule has 31 heavy (non-hydrogen) atoms. The van der Waals surface area contributed by atoms with Crippen molar-refractivity contribution < 1.29 is 32.6 Å². The molecule has 0 saturated carbocycles. The van der Waals surface area contributed by atoms with Crippen LogP contribution in [0.2, 0.25) is 0 Å². The number of aliphatic carboxylic acids is 1. The van der Waals surface area contributed by atoms with E-state index in [-0.39, 0.29) is 11.5 Å². The van der Waals surface area contributed by atoms with Gasteiger partial charge in [-0.2, -0.15) is 24.5 Å². The van der Waals surface area contributed by atoms with E-state index in [1.54, 1.807) is 11.3 Å². The number of thiophene rings is 1. The Bertz CT molecular complexity index is 876. The molecular weight excluding hydrogens is 435 g/mol. The fraction of sp³-hybridized carbons (Fsp3) is 0.450. The van der Waals surface area contributed by atoms with Gasteiger partial charge in [0.2, 0.25) is 0 Å². The lowest BCUT2D eigenvalue weighted by Gasteiger charge is -2.48. The molecule has 4 heterocycles. The highest BCUT2D eigenvalue weighted by molar-refractivity contribution is 7.08. The van der Waals surface area contributed by atoms with Gasteiger partial charge >= 0.3 is 12.1 Å². The van der Waals surface area contributed by atoms with Gasteiger partial charge in [-0.25, -0.2) is 9.78 Å². The molecule has 2 aliphatic heterocycles. The summed E-state index contributed by atoms with van der Waals surface area (Å²) in [6, 6.07) is 7.88. The summed E-state index contributed by atoms with van der Waals surface area (Å²) in [7, 11) is 0. The van der Waals surface area contributed by atoms with Crippen LogP contribution in [0.25, 0.3) is 0 Å². The molecule has 2 fully saturated rings. The van der Waals surface area contributed by atoms with Gasteiger partial charge in [-0.1, -0.05) is 6.07 Å². The van der Waals surface area contributed by atoms with Crippen molar-refractivity contribution in [3.05, 3.63) is 46.8 Å². The third-order valence-electron chi connectivity index (χ3n) is 5.06. The lowest BCUT2D eigenvalue weighted by Crippen LogP contribution is -2.61. The van der Waals surface area contributed by atoms with Gasteiger partial charge in [0.1, 0.15) is 11.4 Å². The van der Waals surface area contributed by atoms with Crippen LogP contribution in [0.4, 0.5) is 19.0 Å². The number of alkyl halides is 3. The number of nitrogens with zero attached hydrogens (tertiary/aromatic N) is 3. The maximum absolute atomic E-state index is 12.7. The second-order valence-corrected chi connectivity index (χ2v) is 8.07. The van der Waals surface area contributed by atoms with Crippen LogP contribution in [0.3, 0.4) is 0 Å². The van der Waals surface area contributed by atoms with Crippen molar-refractivity contribution in [3.8, 4) is 0 Å². The summed E-state index contributed by atoms with van der Waals surface area (Å²) in [5, 5.41) is 11.0. The van der Waals surface area contributed by atoms with Gasteiger partial charge in [-0.3, -0.25) is 4.79 Å². The van der Waals surface area contributed by atoms with Gasteiger partial charge in [0.05, 0.1) is 25.3 Å². The van der Waals surface area contributed by atoms with E-state index in [0.717, 1.165) is 37.3 Å². The molecule has 0 bridgehead atoms. The van der Waals surface area contributed by atoms with E-state index >= 15 is 0 Å². The predicted octanol–water partition coefficient (Wildman–Crippen LogP) is 3.29. The Morgan fingerprint density at radius 1 is 1.19 bits per heavy atom. The van der Waals surface area contributed by atoms with Crippen molar-refractivity contribution in [2.75, 3.05) is 37.7 Å². The van der Waals surface area contributed by atoms with E-state index in [2.05, 4.69) is 9.88 Å². The van der Waals surface area contributed by atoms with Crippen molar-refractivity contribution in [2.45, 2.75) is 24.6 Å². The van der Waals surface area contributed by atoms with Crippen molar-refractivity contribution in [1.82, 2.24) is 9.88 Å². The molecule has 1 atom stereocenters. The van der Waals surface area contributed by atoms with Crippen LogP contribution in [-0.2, 0) is 9.53 Å². The van der Waals surface area contributed by atoms with Crippen molar-refractivity contribution in [3.63, 3.8) is 0 Å². The Morgan fingerprint density at radius 2 is 1.97 bits per heavy atom. The number of piperidine rings is 1. The lowest BCUT2D eigenvalue weighted by atomic mass is 9.90. The SMILES string of the molecule is O=C(O)C(F)(F)F.O=C(c1ccsc1)N1CCOC2(CCCN(c3ccccn3)C2)C1. The summed E-state index contributed by atoms with van der Waals surface area (Å²) in [5.74, 6) is -1.65. The van der Waals surface area contributed by atoms with Crippen molar-refractivity contribution in [2.24, 2.45) is 0 Å². The van der Waals surface area contributed by atoms with Crippen molar-refractivity contribution >= 4 is 29.0 Å². The summed E-state index contributed by atoms with van der Waals surface area (Å²) >= 11 is 1.56. The van der Waals surface area contributed by atoms with Crippen LogP contribution in [0.5, 0.6) is 0 Å². The first-order valence-electron chi connectivity index (χ1n) is 9.62. The molecule has 1 amide bonds. The number of hydrogen-bond acceptors (Lipinski definition) is 6. The molecule has 2 aliphatic rings. The number of hydrogen-bond donors (Lipinski definition) is 1. The number of anilines is 1. The number of halogens is 3. The maximum atomic E-state index is 12.7. The van der Waals surface area contributed by atoms with Crippen LogP contribution in [0.1, 0.15) is 23.2 Å². The molecule has 11 heteroatoms. The molecule has 0 aromatic carbocycles. The molecule has 0 radical (unpaired) electrons. The average molecular weight is 457 g/mol. The van der Waals surface area contributed by atoms with Crippen molar-refractivity contribution in [1.29, 1.82) is 0 Å². The Kier molecular flexibility index (Phi) is 7.16. The molecule has 168 valence electrons. The number of pyridine rings is 1. The second kappa shape index (κ2) is 9.65. The second-order valence-electron chi connectivity index (χ2n) is 7.29. The Labute approximate surface area is 181 Å². The number of ether oxygens (including phenoxy) is 1. The molecule has 7 nitrogen and oxygen atoms in total. The molecule has 1 N–H and O–H groups in total. The Hall–Kier alpha value is -2.66. The third kappa shape index (κ3) is 5.95. The van der Waals surface area contributed by atoms with Crippen LogP contribution in [0, 0.1) is 0 Å². The maximum Gasteiger partial charge on any atom is 0.490 e. The van der Waals surface area contributed by atoms with E-state index in [9.17, 15) is 18.0 Å². The standard InChI is InChI=1S/C18H21N3O2S.C2HF3O2/c22-17(15-5-11-24-12-15)21-9-10-23-18(14-21)6-3-8-20(13-18)16-4-1-2-7-19-16;3-2(4,5)1(6)7/h1-2,4-5,7,11-12H,3,6,8-10,13-14H2;(H,6,7). The summed E-state index contributed by atoms with van der Waals surface area (Å²) < 4.78 is 37.9. The first-order valence-corrected chi connectivity index (χ1v) is 10.6. The predicted molar refractivity (Wildman–Crippen MR) is 108 cm³/mol. The van der Waals surface area contributed by atoms with E-state index in [1.807, 2.05) is 46.1 Å². The number of amides is 1. The highest BCUT2D eigenvalue weighted by atomic mass is 32.1. The Morgan fingerprint density at radius 3 is 2.58 bits per heavy atom. The highest BCUT2D eigenvalue weighted by Crippen LogP contribution is 2.31. The molecule has 2 aromatic rings. The zero-order chi connectivity index (χ0) is 22.5. The number of carbonyl (C=O) groups excluding carboxylic acids is 1. The van der Waals surface area contributed by atoms with Crippen LogP contribution < -0.4 is 4.90 Å². The first-order chi connectivity index (χ1) is 14.7. The Balaban J connectivity index is 0.000000339. The minimum Gasteiger partial charge on any atom is -0.475 e. The minimum absolute atomic E-state index is 0.119. The molecular formula is C20H22F3N3O4S. The molecule has 1 unspecified atom stereocenters.